The van der Waals surface area contributed by atoms with Crippen LogP contribution >= 0.6 is 0 Å². The summed E-state index contributed by atoms with van der Waals surface area (Å²) in [6.45, 7) is 4.52. The molecule has 1 aliphatic heterocycles. The highest BCUT2D eigenvalue weighted by atomic mass is 16.4. The molecule has 23 heavy (non-hydrogen) atoms. The maximum atomic E-state index is 11.6. The lowest BCUT2D eigenvalue weighted by atomic mass is 9.65. The topological polar surface area (TPSA) is 52.2 Å². The normalized spacial score (nSPS) is 34.1. The van der Waals surface area contributed by atoms with Crippen LogP contribution in [0.1, 0.15) is 67.8 Å². The lowest BCUT2D eigenvalue weighted by molar-refractivity contribution is -0.254. The monoisotopic (exact) mass is 312 g/mol. The molecule has 2 saturated carbocycles. The molecule has 2 fully saturated rings. The molecular weight excluding hydrogens is 286 g/mol. The predicted molar refractivity (Wildman–Crippen MR) is 89.3 cm³/mol. The number of hydrogen-bond donors (Lipinski definition) is 1. The molecule has 1 heterocycles. The van der Waals surface area contributed by atoms with E-state index in [4.69, 9.17) is 0 Å². The maximum absolute atomic E-state index is 11.6. The third-order valence-electron chi connectivity index (χ3n) is 6.94. The summed E-state index contributed by atoms with van der Waals surface area (Å²) < 4.78 is 0. The molecule has 1 N–H and O–H groups in total. The number of carbonyl (C=O) groups excluding carboxylic acids is 1. The third kappa shape index (κ3) is 2.12. The Balaban J connectivity index is 1.83. The minimum atomic E-state index is -1.06. The van der Waals surface area contributed by atoms with E-state index in [0.717, 1.165) is 30.4 Å². The molecule has 0 radical (unpaired) electrons. The van der Waals surface area contributed by atoms with E-state index in [2.05, 4.69) is 25.2 Å². The van der Waals surface area contributed by atoms with Gasteiger partial charge in [0.1, 0.15) is 0 Å². The van der Waals surface area contributed by atoms with Gasteiger partial charge in [0.05, 0.1) is 5.97 Å². The Morgan fingerprint density at radius 1 is 1.26 bits per heavy atom. The van der Waals surface area contributed by atoms with Gasteiger partial charge < -0.3 is 15.2 Å². The minimum Gasteiger partial charge on any atom is -0.545 e. The smallest absolute Gasteiger partial charge is 0.0736 e. The largest absolute Gasteiger partial charge is 0.545 e. The van der Waals surface area contributed by atoms with Gasteiger partial charge in [-0.3, -0.25) is 0 Å². The van der Waals surface area contributed by atoms with Crippen LogP contribution in [0.3, 0.4) is 0 Å². The number of fused-ring (bicyclic) bond motifs is 7. The highest BCUT2D eigenvalue weighted by Gasteiger charge is 2.54. The van der Waals surface area contributed by atoms with Crippen LogP contribution in [0.5, 0.6) is 0 Å². The van der Waals surface area contributed by atoms with Crippen molar-refractivity contribution in [2.45, 2.75) is 57.9 Å². The summed E-state index contributed by atoms with van der Waals surface area (Å²) >= 11 is 0. The molecule has 1 aromatic carbocycles. The van der Waals surface area contributed by atoms with Crippen LogP contribution in [0.25, 0.3) is 0 Å². The number of benzene rings is 1. The van der Waals surface area contributed by atoms with E-state index >= 15 is 0 Å². The van der Waals surface area contributed by atoms with Crippen molar-refractivity contribution >= 4 is 11.7 Å². The molecule has 0 saturated heterocycles. The molecule has 2 aliphatic carbocycles. The molecule has 3 aliphatic rings. The van der Waals surface area contributed by atoms with E-state index in [0.29, 0.717) is 29.4 Å². The van der Waals surface area contributed by atoms with Crippen LogP contribution in [0.2, 0.25) is 0 Å². The summed E-state index contributed by atoms with van der Waals surface area (Å²) in [7, 11) is 0. The average molecular weight is 312 g/mol. The van der Waals surface area contributed by atoms with E-state index in [-0.39, 0.29) is 0 Å². The lowest BCUT2D eigenvalue weighted by Gasteiger charge is -2.46. The van der Waals surface area contributed by atoms with Crippen molar-refractivity contribution in [2.24, 2.45) is 23.7 Å². The number of carboxylic acids is 1. The number of rotatable bonds is 4. The SMILES string of the molecule is CCC(CC)[C@H]1Nc2c(C(=O)[O-])cccc2[C@H]2[C@H]3CC[C@H](C3)[C@H]21. The fraction of sp³-hybridized carbons (Fsp3) is 0.650. The van der Waals surface area contributed by atoms with E-state index in [1.54, 1.807) is 6.07 Å². The summed E-state index contributed by atoms with van der Waals surface area (Å²) in [6.07, 6.45) is 6.31. The number of carbonyl (C=O) groups is 1. The first-order valence-corrected chi connectivity index (χ1v) is 9.26. The number of para-hydroxylation sites is 1. The molecule has 0 unspecified atom stereocenters. The molecule has 2 bridgehead atoms. The minimum absolute atomic E-state index is 0.347. The van der Waals surface area contributed by atoms with Crippen LogP contribution in [-0.4, -0.2) is 12.0 Å². The van der Waals surface area contributed by atoms with Gasteiger partial charge in [-0.05, 0) is 54.4 Å². The number of hydrogen-bond acceptors (Lipinski definition) is 3. The van der Waals surface area contributed by atoms with E-state index in [1.165, 1.54) is 24.8 Å². The van der Waals surface area contributed by atoms with Gasteiger partial charge in [-0.15, -0.1) is 0 Å². The standard InChI is InChI=1S/C20H27NO2/c1-3-11(4-2)18-17-13-9-8-12(10-13)16(17)14-6-5-7-15(20(22)23)19(14)21-18/h5-7,11-13,16-18,21H,3-4,8-10H2,1-2H3,(H,22,23)/p-1/t12-,13+,16+,17+,18+/m0/s1. The molecule has 5 atom stereocenters. The molecule has 1 aromatic rings. The molecule has 3 heteroatoms. The molecule has 0 aromatic heterocycles. The number of anilines is 1. The molecule has 0 spiro atoms. The zero-order valence-corrected chi connectivity index (χ0v) is 14.0. The van der Waals surface area contributed by atoms with Crippen molar-refractivity contribution in [3.63, 3.8) is 0 Å². The quantitative estimate of drug-likeness (QED) is 0.927. The Bertz CT molecular complexity index is 622. The Morgan fingerprint density at radius 2 is 2.00 bits per heavy atom. The summed E-state index contributed by atoms with van der Waals surface area (Å²) in [5, 5.41) is 15.3. The van der Waals surface area contributed by atoms with Crippen LogP contribution < -0.4 is 10.4 Å². The van der Waals surface area contributed by atoms with Crippen LogP contribution in [0.15, 0.2) is 18.2 Å². The van der Waals surface area contributed by atoms with Gasteiger partial charge in [-0.2, -0.15) is 0 Å². The fourth-order valence-corrected chi connectivity index (χ4v) is 5.98. The molecule has 124 valence electrons. The van der Waals surface area contributed by atoms with Gasteiger partial charge in [0.25, 0.3) is 0 Å². The van der Waals surface area contributed by atoms with Crippen LogP contribution in [-0.2, 0) is 0 Å². The first kappa shape index (κ1) is 15.0. The van der Waals surface area contributed by atoms with Gasteiger partial charge in [-0.25, -0.2) is 0 Å². The second-order valence-corrected chi connectivity index (χ2v) is 7.74. The van der Waals surface area contributed by atoms with Gasteiger partial charge in [-0.1, -0.05) is 44.9 Å². The highest BCUT2D eigenvalue weighted by molar-refractivity contribution is 5.94. The first-order valence-electron chi connectivity index (χ1n) is 9.26. The van der Waals surface area contributed by atoms with Crippen molar-refractivity contribution in [3.05, 3.63) is 29.3 Å². The fourth-order valence-electron chi connectivity index (χ4n) is 5.98. The van der Waals surface area contributed by atoms with Crippen molar-refractivity contribution < 1.29 is 9.90 Å². The Labute approximate surface area is 138 Å². The molecular formula is C20H26NO2-. The Kier molecular flexibility index (Phi) is 3.62. The van der Waals surface area contributed by atoms with Gasteiger partial charge in [0.15, 0.2) is 0 Å². The van der Waals surface area contributed by atoms with Crippen molar-refractivity contribution in [2.75, 3.05) is 5.32 Å². The predicted octanol–water partition coefficient (Wildman–Crippen LogP) is 3.41. The molecule has 3 nitrogen and oxygen atoms in total. The second-order valence-electron chi connectivity index (χ2n) is 7.74. The van der Waals surface area contributed by atoms with E-state index < -0.39 is 5.97 Å². The van der Waals surface area contributed by atoms with Crippen LogP contribution in [0, 0.1) is 23.7 Å². The average Bonchev–Trinajstić information content (AvgIpc) is 3.17. The summed E-state index contributed by atoms with van der Waals surface area (Å²) in [6, 6.07) is 6.15. The number of nitrogens with one attached hydrogen (secondary N) is 1. The summed E-state index contributed by atoms with van der Waals surface area (Å²) in [5.41, 5.74) is 2.45. The Hall–Kier alpha value is -1.51. The zero-order valence-electron chi connectivity index (χ0n) is 14.0. The molecule has 0 amide bonds. The summed E-state index contributed by atoms with van der Waals surface area (Å²) in [4.78, 5) is 11.6. The van der Waals surface area contributed by atoms with Crippen LogP contribution in [0.4, 0.5) is 5.69 Å². The van der Waals surface area contributed by atoms with Crippen molar-refractivity contribution in [3.8, 4) is 0 Å². The highest BCUT2D eigenvalue weighted by Crippen LogP contribution is 2.62. The lowest BCUT2D eigenvalue weighted by Crippen LogP contribution is -2.46. The second kappa shape index (κ2) is 5.54. The van der Waals surface area contributed by atoms with Gasteiger partial charge in [0, 0.05) is 17.3 Å². The third-order valence-corrected chi connectivity index (χ3v) is 6.94. The maximum Gasteiger partial charge on any atom is 0.0736 e. The first-order chi connectivity index (χ1) is 11.2. The van der Waals surface area contributed by atoms with E-state index in [1.807, 2.05) is 6.07 Å². The van der Waals surface area contributed by atoms with Gasteiger partial charge in [0.2, 0.25) is 0 Å². The van der Waals surface area contributed by atoms with E-state index in [9.17, 15) is 9.90 Å². The van der Waals surface area contributed by atoms with Crippen molar-refractivity contribution in [1.29, 1.82) is 0 Å². The number of carboxylic acid groups (broad SMARTS) is 1. The Morgan fingerprint density at radius 3 is 2.70 bits per heavy atom. The zero-order chi connectivity index (χ0) is 16.1. The number of aromatic carboxylic acids is 1. The van der Waals surface area contributed by atoms with Gasteiger partial charge >= 0.3 is 0 Å². The molecule has 4 rings (SSSR count). The van der Waals surface area contributed by atoms with Crippen molar-refractivity contribution in [1.82, 2.24) is 0 Å². The summed E-state index contributed by atoms with van der Waals surface area (Å²) in [5.74, 6) is 2.37.